The van der Waals surface area contributed by atoms with E-state index in [2.05, 4.69) is 0 Å². The lowest BCUT2D eigenvalue weighted by molar-refractivity contribution is -0.137. The smallest absolute Gasteiger partial charge is 0.379 e. The Bertz CT molecular complexity index is 525. The highest BCUT2D eigenvalue weighted by atomic mass is 35.5. The van der Waals surface area contributed by atoms with Crippen molar-refractivity contribution in [2.75, 3.05) is 6.61 Å². The van der Waals surface area contributed by atoms with Crippen molar-refractivity contribution in [3.05, 3.63) is 33.3 Å². The zero-order valence-corrected chi connectivity index (χ0v) is 13.5. The Labute approximate surface area is 134 Å². The van der Waals surface area contributed by atoms with Crippen molar-refractivity contribution in [1.29, 1.82) is 0 Å². The van der Waals surface area contributed by atoms with Gasteiger partial charge in [-0.25, -0.2) is 4.79 Å². The third-order valence-electron chi connectivity index (χ3n) is 3.82. The first-order valence-electron chi connectivity index (χ1n) is 7.25. The van der Waals surface area contributed by atoms with Gasteiger partial charge < -0.3 is 4.74 Å². The van der Waals surface area contributed by atoms with Crippen LogP contribution in [0.1, 0.15) is 60.9 Å². The quantitative estimate of drug-likeness (QED) is 0.453. The molecule has 0 bridgehead atoms. The summed E-state index contributed by atoms with van der Waals surface area (Å²) < 4.78 is 4.71. The molecule has 0 unspecified atom stereocenters. The van der Waals surface area contributed by atoms with E-state index in [0.29, 0.717) is 16.0 Å². The van der Waals surface area contributed by atoms with Crippen LogP contribution in [-0.4, -0.2) is 18.4 Å². The van der Waals surface area contributed by atoms with Gasteiger partial charge in [0.15, 0.2) is 0 Å². The average molecular weight is 329 g/mol. The van der Waals surface area contributed by atoms with E-state index in [-0.39, 0.29) is 12.2 Å². The molecule has 0 heterocycles. The van der Waals surface area contributed by atoms with E-state index in [1.54, 1.807) is 6.92 Å². The minimum atomic E-state index is -0.880. The minimum Gasteiger partial charge on any atom is -0.460 e. The third-order valence-corrected chi connectivity index (χ3v) is 4.44. The highest BCUT2D eigenvalue weighted by Gasteiger charge is 2.24. The van der Waals surface area contributed by atoms with Gasteiger partial charge in [-0.1, -0.05) is 42.5 Å². The third kappa shape index (κ3) is 3.78. The number of Topliss-reactive ketones (excluding diaryl/α,β-unsaturated/α-hetero) is 1. The molecular formula is C16H18Cl2O3. The molecule has 1 fully saturated rings. The number of ether oxygens (including phenoxy) is 1. The van der Waals surface area contributed by atoms with Crippen LogP contribution in [0, 0.1) is 0 Å². The topological polar surface area (TPSA) is 43.4 Å². The van der Waals surface area contributed by atoms with Crippen molar-refractivity contribution in [2.45, 2.75) is 44.9 Å². The Balaban J connectivity index is 2.28. The summed E-state index contributed by atoms with van der Waals surface area (Å²) in [7, 11) is 0. The molecule has 0 spiro atoms. The van der Waals surface area contributed by atoms with Crippen molar-refractivity contribution < 1.29 is 14.3 Å². The van der Waals surface area contributed by atoms with Crippen molar-refractivity contribution in [2.24, 2.45) is 0 Å². The summed E-state index contributed by atoms with van der Waals surface area (Å²) in [4.78, 5) is 23.4. The molecule has 3 nitrogen and oxygen atoms in total. The van der Waals surface area contributed by atoms with Gasteiger partial charge in [0.1, 0.15) is 0 Å². The van der Waals surface area contributed by atoms with Crippen LogP contribution in [-0.2, 0) is 9.53 Å². The minimum absolute atomic E-state index is 0.159. The van der Waals surface area contributed by atoms with E-state index in [4.69, 9.17) is 27.9 Å². The van der Waals surface area contributed by atoms with Gasteiger partial charge in [-0.15, -0.1) is 0 Å². The number of rotatable bonds is 4. The Morgan fingerprint density at radius 2 is 1.71 bits per heavy atom. The van der Waals surface area contributed by atoms with Crippen LogP contribution in [0.2, 0.25) is 10.0 Å². The average Bonchev–Trinajstić information content (AvgIpc) is 2.47. The molecule has 1 aromatic carbocycles. The summed E-state index contributed by atoms with van der Waals surface area (Å²) >= 11 is 12.6. The summed E-state index contributed by atoms with van der Waals surface area (Å²) in [6.45, 7) is 1.81. The summed E-state index contributed by atoms with van der Waals surface area (Å²) in [6, 6.07) is 3.05. The standard InChI is InChI=1S/C16H18Cl2O3/c1-2-21-16(20)15(19)11-8-12(17)14(13(18)9-11)10-6-4-3-5-7-10/h8-10H,2-7H2,1H3. The van der Waals surface area contributed by atoms with E-state index in [1.807, 2.05) is 0 Å². The van der Waals surface area contributed by atoms with E-state index in [0.717, 1.165) is 18.4 Å². The lowest BCUT2D eigenvalue weighted by Gasteiger charge is -2.24. The summed E-state index contributed by atoms with van der Waals surface area (Å²) in [6.07, 6.45) is 5.70. The number of halogens is 2. The molecule has 2 rings (SSSR count). The van der Waals surface area contributed by atoms with Crippen LogP contribution in [0.25, 0.3) is 0 Å². The highest BCUT2D eigenvalue weighted by Crippen LogP contribution is 2.40. The van der Waals surface area contributed by atoms with Crippen molar-refractivity contribution in [3.63, 3.8) is 0 Å². The zero-order chi connectivity index (χ0) is 15.4. The molecule has 1 saturated carbocycles. The second-order valence-electron chi connectivity index (χ2n) is 5.24. The van der Waals surface area contributed by atoms with Gasteiger partial charge in [0, 0.05) is 15.6 Å². The number of esters is 1. The molecule has 0 aliphatic heterocycles. The van der Waals surface area contributed by atoms with Gasteiger partial charge in [-0.2, -0.15) is 0 Å². The Hall–Kier alpha value is -1.06. The first-order chi connectivity index (χ1) is 10.0. The monoisotopic (exact) mass is 328 g/mol. The molecule has 21 heavy (non-hydrogen) atoms. The van der Waals surface area contributed by atoms with Crippen molar-refractivity contribution >= 4 is 35.0 Å². The van der Waals surface area contributed by atoms with Gasteiger partial charge in [0.05, 0.1) is 6.61 Å². The fourth-order valence-electron chi connectivity index (χ4n) is 2.81. The fourth-order valence-corrected chi connectivity index (χ4v) is 3.61. The summed E-state index contributed by atoms with van der Waals surface area (Å²) in [5.74, 6) is -1.25. The molecule has 0 aromatic heterocycles. The zero-order valence-electron chi connectivity index (χ0n) is 12.0. The van der Waals surface area contributed by atoms with E-state index in [1.165, 1.54) is 31.4 Å². The van der Waals surface area contributed by atoms with Crippen LogP contribution in [0.15, 0.2) is 12.1 Å². The number of carbonyl (C=O) groups excluding carboxylic acids is 2. The normalized spacial score (nSPS) is 15.8. The van der Waals surface area contributed by atoms with Crippen LogP contribution in [0.5, 0.6) is 0 Å². The molecule has 0 amide bonds. The van der Waals surface area contributed by atoms with Crippen molar-refractivity contribution in [3.8, 4) is 0 Å². The Morgan fingerprint density at radius 3 is 2.24 bits per heavy atom. The number of hydrogen-bond acceptors (Lipinski definition) is 3. The van der Waals surface area contributed by atoms with E-state index >= 15 is 0 Å². The molecular weight excluding hydrogens is 311 g/mol. The number of hydrogen-bond donors (Lipinski definition) is 0. The van der Waals surface area contributed by atoms with E-state index < -0.39 is 11.8 Å². The number of benzene rings is 1. The maximum Gasteiger partial charge on any atom is 0.379 e. The molecule has 5 heteroatoms. The largest absolute Gasteiger partial charge is 0.460 e. The van der Waals surface area contributed by atoms with Gasteiger partial charge in [0.2, 0.25) is 0 Å². The van der Waals surface area contributed by atoms with Gasteiger partial charge in [-0.3, -0.25) is 4.79 Å². The first-order valence-corrected chi connectivity index (χ1v) is 8.00. The first kappa shape index (κ1) is 16.3. The second kappa shape index (κ2) is 7.28. The van der Waals surface area contributed by atoms with Gasteiger partial charge in [0.25, 0.3) is 5.78 Å². The predicted octanol–water partition coefficient (Wildman–Crippen LogP) is 4.79. The Kier molecular flexibility index (Phi) is 5.65. The number of ketones is 1. The highest BCUT2D eigenvalue weighted by molar-refractivity contribution is 6.43. The maximum absolute atomic E-state index is 11.9. The molecule has 1 aliphatic rings. The van der Waals surface area contributed by atoms with E-state index in [9.17, 15) is 9.59 Å². The SMILES string of the molecule is CCOC(=O)C(=O)c1cc(Cl)c(C2CCCCC2)c(Cl)c1. The molecule has 114 valence electrons. The molecule has 1 aromatic rings. The van der Waals surface area contributed by atoms with Crippen LogP contribution < -0.4 is 0 Å². The van der Waals surface area contributed by atoms with Gasteiger partial charge >= 0.3 is 5.97 Å². The fraction of sp³-hybridized carbons (Fsp3) is 0.500. The lowest BCUT2D eigenvalue weighted by atomic mass is 9.83. The number of carbonyl (C=O) groups is 2. The molecule has 0 N–H and O–H groups in total. The maximum atomic E-state index is 11.9. The molecule has 0 saturated heterocycles. The van der Waals surface area contributed by atoms with Gasteiger partial charge in [-0.05, 0) is 43.4 Å². The van der Waals surface area contributed by atoms with Crippen LogP contribution in [0.3, 0.4) is 0 Å². The van der Waals surface area contributed by atoms with Crippen LogP contribution in [0.4, 0.5) is 0 Å². The van der Waals surface area contributed by atoms with Crippen LogP contribution >= 0.6 is 23.2 Å². The molecule has 1 aliphatic carbocycles. The Morgan fingerprint density at radius 1 is 1.14 bits per heavy atom. The molecule has 0 radical (unpaired) electrons. The molecule has 0 atom stereocenters. The predicted molar refractivity (Wildman–Crippen MR) is 83.3 cm³/mol. The second-order valence-corrected chi connectivity index (χ2v) is 6.05. The lowest BCUT2D eigenvalue weighted by Crippen LogP contribution is -2.18. The van der Waals surface area contributed by atoms with Crippen molar-refractivity contribution in [1.82, 2.24) is 0 Å². The summed E-state index contributed by atoms with van der Waals surface area (Å²) in [5.41, 5.74) is 1.08. The summed E-state index contributed by atoms with van der Waals surface area (Å²) in [5, 5.41) is 0.920.